The summed E-state index contributed by atoms with van der Waals surface area (Å²) in [7, 11) is -4.39. The Kier molecular flexibility index (Phi) is 6.07. The fraction of sp³-hybridized carbons (Fsp3) is 0.0455. The van der Waals surface area contributed by atoms with Gasteiger partial charge in [-0.3, -0.25) is 14.3 Å². The van der Waals surface area contributed by atoms with E-state index in [0.29, 0.717) is 28.6 Å². The van der Waals surface area contributed by atoms with Gasteiger partial charge in [0.15, 0.2) is 0 Å². The molecule has 10 nitrogen and oxygen atoms in total. The highest BCUT2D eigenvalue weighted by Gasteiger charge is 2.09. The lowest BCUT2D eigenvalue weighted by Gasteiger charge is -2.11. The van der Waals surface area contributed by atoms with Gasteiger partial charge in [-0.2, -0.15) is 13.4 Å². The molecule has 0 saturated carbocycles. The summed E-state index contributed by atoms with van der Waals surface area (Å²) >= 11 is 0. The van der Waals surface area contributed by atoms with Crippen LogP contribution in [0.3, 0.4) is 0 Å². The summed E-state index contributed by atoms with van der Waals surface area (Å²) in [6.07, 6.45) is 1.69. The molecule has 0 aliphatic heterocycles. The van der Waals surface area contributed by atoms with E-state index in [9.17, 15) is 8.42 Å². The molecule has 0 amide bonds. The molecule has 5 N–H and O–H groups in total. The van der Waals surface area contributed by atoms with Crippen molar-refractivity contribution in [3.8, 4) is 22.8 Å². The number of nitrogens with two attached hydrogens (primary N) is 1. The van der Waals surface area contributed by atoms with Crippen LogP contribution in [0.25, 0.3) is 11.3 Å². The van der Waals surface area contributed by atoms with Gasteiger partial charge in [-0.05, 0) is 49.4 Å². The number of benzene rings is 2. The molecule has 0 saturated heterocycles. The van der Waals surface area contributed by atoms with Gasteiger partial charge in [0.05, 0.1) is 11.4 Å². The van der Waals surface area contributed by atoms with Crippen LogP contribution >= 0.6 is 0 Å². The molecule has 11 heteroatoms. The number of aromatic nitrogens is 3. The Bertz CT molecular complexity index is 1390. The van der Waals surface area contributed by atoms with E-state index in [-0.39, 0.29) is 11.6 Å². The van der Waals surface area contributed by atoms with Gasteiger partial charge >= 0.3 is 10.3 Å². The van der Waals surface area contributed by atoms with Crippen molar-refractivity contribution < 1.29 is 17.7 Å². The molecule has 33 heavy (non-hydrogen) atoms. The second-order valence-electron chi connectivity index (χ2n) is 7.04. The van der Waals surface area contributed by atoms with E-state index in [1.807, 2.05) is 42.0 Å². The molecule has 4 rings (SSSR count). The molecule has 0 radical (unpaired) electrons. The van der Waals surface area contributed by atoms with Gasteiger partial charge in [-0.1, -0.05) is 12.1 Å². The number of hydrogen-bond acceptors (Lipinski definition) is 8. The number of hydrogen-bond donors (Lipinski definition) is 4. The summed E-state index contributed by atoms with van der Waals surface area (Å²) in [5.41, 5.74) is 8.72. The van der Waals surface area contributed by atoms with Crippen molar-refractivity contribution in [3.05, 3.63) is 78.6 Å². The van der Waals surface area contributed by atoms with Crippen LogP contribution in [0.15, 0.2) is 72.9 Å². The molecule has 168 valence electrons. The van der Waals surface area contributed by atoms with E-state index in [4.69, 9.17) is 15.0 Å². The van der Waals surface area contributed by atoms with Crippen LogP contribution in [0.1, 0.15) is 5.69 Å². The van der Waals surface area contributed by atoms with Crippen molar-refractivity contribution in [2.45, 2.75) is 6.92 Å². The molecular formula is C22H20N6O4S. The molecule has 2 aromatic heterocycles. The first-order chi connectivity index (χ1) is 15.7. The summed E-state index contributed by atoms with van der Waals surface area (Å²) < 4.78 is 39.0. The zero-order chi connectivity index (χ0) is 23.4. The molecular weight excluding hydrogens is 444 g/mol. The van der Waals surface area contributed by atoms with Gasteiger partial charge in [0, 0.05) is 35.3 Å². The van der Waals surface area contributed by atoms with Gasteiger partial charge in [0.2, 0.25) is 5.95 Å². The Labute approximate surface area is 190 Å². The first-order valence-electron chi connectivity index (χ1n) is 9.71. The zero-order valence-electron chi connectivity index (χ0n) is 17.4. The Morgan fingerprint density at radius 2 is 1.73 bits per heavy atom. The molecule has 2 aromatic carbocycles. The highest BCUT2D eigenvalue weighted by atomic mass is 32.2. The van der Waals surface area contributed by atoms with Crippen molar-refractivity contribution in [1.82, 2.24) is 15.0 Å². The quantitative estimate of drug-likeness (QED) is 0.295. The molecule has 0 spiro atoms. The van der Waals surface area contributed by atoms with E-state index < -0.39 is 10.3 Å². The van der Waals surface area contributed by atoms with Gasteiger partial charge in [0.25, 0.3) is 0 Å². The normalized spacial score (nSPS) is 11.1. The molecule has 0 unspecified atom stereocenters. The summed E-state index contributed by atoms with van der Waals surface area (Å²) in [6, 6.07) is 19.0. The van der Waals surface area contributed by atoms with Crippen LogP contribution in [0.2, 0.25) is 0 Å². The van der Waals surface area contributed by atoms with E-state index in [0.717, 1.165) is 11.4 Å². The third-order valence-corrected chi connectivity index (χ3v) is 4.87. The average molecular weight is 465 g/mol. The van der Waals surface area contributed by atoms with Crippen LogP contribution in [0.4, 0.5) is 23.1 Å². The van der Waals surface area contributed by atoms with E-state index in [1.165, 1.54) is 12.1 Å². The maximum absolute atomic E-state index is 11.1. The third kappa shape index (κ3) is 6.15. The van der Waals surface area contributed by atoms with E-state index >= 15 is 0 Å². The fourth-order valence-electron chi connectivity index (χ4n) is 3.04. The van der Waals surface area contributed by atoms with Gasteiger partial charge in [0.1, 0.15) is 17.3 Å². The SMILES string of the molecule is Cc1cc(Oc2ccc(Nc3cc(-c4cccc(NS(=O)(=O)O)c4)nc(N)n3)cc2)ccn1. The molecule has 0 atom stereocenters. The van der Waals surface area contributed by atoms with E-state index in [1.54, 1.807) is 30.5 Å². The highest BCUT2D eigenvalue weighted by molar-refractivity contribution is 7.87. The number of nitrogen functional groups attached to an aromatic ring is 1. The van der Waals surface area contributed by atoms with Crippen molar-refractivity contribution in [1.29, 1.82) is 0 Å². The second-order valence-corrected chi connectivity index (χ2v) is 8.19. The Morgan fingerprint density at radius 3 is 2.45 bits per heavy atom. The van der Waals surface area contributed by atoms with Gasteiger partial charge < -0.3 is 15.8 Å². The van der Waals surface area contributed by atoms with Gasteiger partial charge in [-0.15, -0.1) is 0 Å². The summed E-state index contributed by atoms with van der Waals surface area (Å²) in [5.74, 6) is 1.85. The van der Waals surface area contributed by atoms with Crippen LogP contribution < -0.4 is 20.5 Å². The Balaban J connectivity index is 1.52. The predicted octanol–water partition coefficient (Wildman–Crippen LogP) is 4.18. The molecule has 4 aromatic rings. The summed E-state index contributed by atoms with van der Waals surface area (Å²) in [5, 5.41) is 3.16. The zero-order valence-corrected chi connectivity index (χ0v) is 18.2. The van der Waals surface area contributed by atoms with E-state index in [2.05, 4.69) is 20.3 Å². The minimum absolute atomic E-state index is 0.0381. The molecule has 0 bridgehead atoms. The average Bonchev–Trinajstić information content (AvgIpc) is 2.74. The highest BCUT2D eigenvalue weighted by Crippen LogP contribution is 2.27. The summed E-state index contributed by atoms with van der Waals surface area (Å²) in [4.78, 5) is 12.6. The maximum Gasteiger partial charge on any atom is 0.357 e. The fourth-order valence-corrected chi connectivity index (χ4v) is 3.47. The number of pyridine rings is 1. The Morgan fingerprint density at radius 1 is 0.939 bits per heavy atom. The predicted molar refractivity (Wildman–Crippen MR) is 126 cm³/mol. The monoisotopic (exact) mass is 464 g/mol. The number of nitrogens with one attached hydrogen (secondary N) is 2. The lowest BCUT2D eigenvalue weighted by molar-refractivity contribution is 0.481. The largest absolute Gasteiger partial charge is 0.457 e. The first kappa shape index (κ1) is 22.0. The third-order valence-electron chi connectivity index (χ3n) is 4.38. The summed E-state index contributed by atoms with van der Waals surface area (Å²) in [6.45, 7) is 1.89. The molecule has 0 aliphatic carbocycles. The number of rotatable bonds is 7. The number of anilines is 4. The van der Waals surface area contributed by atoms with Crippen LogP contribution in [0.5, 0.6) is 11.5 Å². The first-order valence-corrected chi connectivity index (χ1v) is 11.2. The lowest BCUT2D eigenvalue weighted by Crippen LogP contribution is -2.10. The van der Waals surface area contributed by atoms with Crippen molar-refractivity contribution in [2.75, 3.05) is 15.8 Å². The number of ether oxygens (including phenoxy) is 1. The van der Waals surface area contributed by atoms with Crippen molar-refractivity contribution in [3.63, 3.8) is 0 Å². The topological polar surface area (TPSA) is 152 Å². The van der Waals surface area contributed by atoms with Crippen LogP contribution in [-0.4, -0.2) is 27.9 Å². The molecule has 0 aliphatic rings. The lowest BCUT2D eigenvalue weighted by atomic mass is 10.1. The second kappa shape index (κ2) is 9.10. The number of nitrogens with zero attached hydrogens (tertiary/aromatic N) is 3. The minimum atomic E-state index is -4.39. The minimum Gasteiger partial charge on any atom is -0.457 e. The van der Waals surface area contributed by atoms with Crippen LogP contribution in [0, 0.1) is 6.92 Å². The van der Waals surface area contributed by atoms with Gasteiger partial charge in [-0.25, -0.2) is 4.98 Å². The van der Waals surface area contributed by atoms with Crippen molar-refractivity contribution in [2.24, 2.45) is 0 Å². The molecule has 2 heterocycles. The maximum atomic E-state index is 11.1. The Hall–Kier alpha value is -4.22. The van der Waals surface area contributed by atoms with Crippen LogP contribution in [-0.2, 0) is 10.3 Å². The smallest absolute Gasteiger partial charge is 0.357 e. The number of aryl methyl sites for hydroxylation is 1. The molecule has 0 fully saturated rings. The standard InChI is InChI=1S/C22H20N6O4S/c1-14-11-19(9-10-24-14)32-18-7-5-16(6-8-18)25-21-13-20(26-22(23)27-21)15-3-2-4-17(12-15)28-33(29,30)31/h2-13,28H,1H3,(H,29,30,31)(H3,23,25,26,27). The van der Waals surface area contributed by atoms with Crippen molar-refractivity contribution >= 4 is 33.4 Å².